The molecule has 0 saturated heterocycles. The molecule has 0 spiro atoms. The van der Waals surface area contributed by atoms with Gasteiger partial charge in [-0.3, -0.25) is 0 Å². The maximum atomic E-state index is 12.0. The molecule has 0 fully saturated rings. The van der Waals surface area contributed by atoms with E-state index in [0.29, 0.717) is 0 Å². The van der Waals surface area contributed by atoms with Gasteiger partial charge in [0.15, 0.2) is 5.82 Å². The molecule has 0 bridgehead atoms. The number of methoxy groups -OCH3 is 1. The van der Waals surface area contributed by atoms with Gasteiger partial charge in [-0.2, -0.15) is 18.2 Å². The van der Waals surface area contributed by atoms with Gasteiger partial charge >= 0.3 is 6.18 Å². The van der Waals surface area contributed by atoms with E-state index in [9.17, 15) is 13.2 Å². The van der Waals surface area contributed by atoms with Crippen LogP contribution in [0.3, 0.4) is 0 Å². The van der Waals surface area contributed by atoms with Crippen LogP contribution in [-0.2, 0) is 0 Å². The lowest BCUT2D eigenvalue weighted by molar-refractivity contribution is -0.0558. The molecule has 0 atom stereocenters. The van der Waals surface area contributed by atoms with E-state index in [1.165, 1.54) is 25.3 Å². The SMILES string of the molecule is COc1cccc(N=C(Cl)C(F)(F)F)n1. The van der Waals surface area contributed by atoms with Crippen molar-refractivity contribution >= 4 is 22.6 Å². The highest BCUT2D eigenvalue weighted by Gasteiger charge is 2.34. The number of ether oxygens (including phenoxy) is 1. The molecule has 0 N–H and O–H groups in total. The van der Waals surface area contributed by atoms with Crippen LogP contribution in [0.2, 0.25) is 0 Å². The highest BCUT2D eigenvalue weighted by Crippen LogP contribution is 2.23. The summed E-state index contributed by atoms with van der Waals surface area (Å²) in [5.74, 6) is 0.0135. The summed E-state index contributed by atoms with van der Waals surface area (Å²) in [4.78, 5) is 6.76. The normalized spacial score (nSPS) is 12.7. The molecule has 1 heterocycles. The van der Waals surface area contributed by atoms with Gasteiger partial charge in [0.1, 0.15) is 0 Å². The van der Waals surface area contributed by atoms with Crippen LogP contribution in [0.4, 0.5) is 19.0 Å². The largest absolute Gasteiger partial charge is 0.481 e. The monoisotopic (exact) mass is 238 g/mol. The van der Waals surface area contributed by atoms with Crippen LogP contribution in [0.5, 0.6) is 5.88 Å². The van der Waals surface area contributed by atoms with E-state index in [-0.39, 0.29) is 11.7 Å². The minimum atomic E-state index is -4.66. The fraction of sp³-hybridized carbons (Fsp3) is 0.250. The smallest absolute Gasteiger partial charge is 0.444 e. The molecule has 1 aromatic rings. The van der Waals surface area contributed by atoms with Crippen molar-refractivity contribution in [1.29, 1.82) is 0 Å². The number of halogens is 4. The van der Waals surface area contributed by atoms with E-state index in [1.54, 1.807) is 0 Å². The van der Waals surface area contributed by atoms with Gasteiger partial charge in [-0.15, -0.1) is 0 Å². The minimum absolute atomic E-state index is 0.156. The van der Waals surface area contributed by atoms with Crippen LogP contribution < -0.4 is 4.74 Å². The van der Waals surface area contributed by atoms with Gasteiger partial charge in [0.2, 0.25) is 11.1 Å². The first kappa shape index (κ1) is 11.8. The van der Waals surface area contributed by atoms with Crippen molar-refractivity contribution in [2.24, 2.45) is 4.99 Å². The van der Waals surface area contributed by atoms with Crippen molar-refractivity contribution in [2.45, 2.75) is 6.18 Å². The molecule has 0 aliphatic carbocycles. The number of aliphatic imine (C=N–C) groups is 1. The second kappa shape index (κ2) is 4.48. The summed E-state index contributed by atoms with van der Waals surface area (Å²) in [6.45, 7) is 0. The number of alkyl halides is 3. The zero-order valence-electron chi connectivity index (χ0n) is 7.55. The fourth-order valence-corrected chi connectivity index (χ4v) is 0.830. The van der Waals surface area contributed by atoms with E-state index in [2.05, 4.69) is 9.98 Å². The molecule has 0 aliphatic rings. The van der Waals surface area contributed by atoms with Crippen molar-refractivity contribution in [3.8, 4) is 5.88 Å². The van der Waals surface area contributed by atoms with Gasteiger partial charge in [-0.1, -0.05) is 17.7 Å². The molecular formula is C8H6ClF3N2O. The summed E-state index contributed by atoms with van der Waals surface area (Å²) in [6.07, 6.45) is -4.66. The highest BCUT2D eigenvalue weighted by atomic mass is 35.5. The first-order valence-electron chi connectivity index (χ1n) is 3.76. The Morgan fingerprint density at radius 1 is 1.47 bits per heavy atom. The third-order valence-corrected chi connectivity index (χ3v) is 1.66. The summed E-state index contributed by atoms with van der Waals surface area (Å²) in [6, 6.07) is 4.24. The zero-order chi connectivity index (χ0) is 11.5. The highest BCUT2D eigenvalue weighted by molar-refractivity contribution is 6.67. The number of nitrogens with zero attached hydrogens (tertiary/aromatic N) is 2. The predicted octanol–water partition coefficient (Wildman–Crippen LogP) is 2.92. The van der Waals surface area contributed by atoms with Gasteiger partial charge in [-0.05, 0) is 6.07 Å². The summed E-state index contributed by atoms with van der Waals surface area (Å²) in [5.41, 5.74) is 0. The zero-order valence-corrected chi connectivity index (χ0v) is 8.30. The van der Waals surface area contributed by atoms with Crippen LogP contribution in [-0.4, -0.2) is 23.4 Å². The number of pyridine rings is 1. The quantitative estimate of drug-likeness (QED) is 0.743. The average molecular weight is 239 g/mol. The topological polar surface area (TPSA) is 34.5 Å². The molecule has 1 aromatic heterocycles. The third kappa shape index (κ3) is 3.39. The van der Waals surface area contributed by atoms with E-state index in [1.807, 2.05) is 0 Å². The molecule has 7 heteroatoms. The molecular weight excluding hydrogens is 233 g/mol. The Labute approximate surface area is 88.6 Å². The summed E-state index contributed by atoms with van der Waals surface area (Å²) >= 11 is 4.93. The molecule has 0 radical (unpaired) electrons. The molecule has 0 unspecified atom stereocenters. The molecule has 15 heavy (non-hydrogen) atoms. The molecule has 3 nitrogen and oxygen atoms in total. The molecule has 1 rings (SSSR count). The van der Waals surface area contributed by atoms with Gasteiger partial charge in [0.25, 0.3) is 0 Å². The van der Waals surface area contributed by atoms with E-state index in [4.69, 9.17) is 16.3 Å². The van der Waals surface area contributed by atoms with Crippen molar-refractivity contribution in [1.82, 2.24) is 4.98 Å². The average Bonchev–Trinajstić information content (AvgIpc) is 2.16. The molecule has 0 saturated carbocycles. The van der Waals surface area contributed by atoms with E-state index < -0.39 is 11.3 Å². The first-order chi connectivity index (χ1) is 6.93. The van der Waals surface area contributed by atoms with Crippen molar-refractivity contribution in [3.63, 3.8) is 0 Å². The van der Waals surface area contributed by atoms with Crippen LogP contribution in [0.25, 0.3) is 0 Å². The maximum Gasteiger partial charge on any atom is 0.444 e. The first-order valence-corrected chi connectivity index (χ1v) is 4.13. The number of hydrogen-bond acceptors (Lipinski definition) is 3. The van der Waals surface area contributed by atoms with Crippen molar-refractivity contribution < 1.29 is 17.9 Å². The minimum Gasteiger partial charge on any atom is -0.481 e. The fourth-order valence-electron chi connectivity index (χ4n) is 0.744. The van der Waals surface area contributed by atoms with Gasteiger partial charge in [0.05, 0.1) is 7.11 Å². The van der Waals surface area contributed by atoms with Crippen molar-refractivity contribution in [3.05, 3.63) is 18.2 Å². The van der Waals surface area contributed by atoms with Crippen LogP contribution in [0.1, 0.15) is 0 Å². The van der Waals surface area contributed by atoms with Crippen molar-refractivity contribution in [2.75, 3.05) is 7.11 Å². The number of aromatic nitrogens is 1. The standard InChI is InChI=1S/C8H6ClF3N2O/c1-15-6-4-2-3-5(13-6)14-7(9)8(10,11)12/h2-4H,1H3. The maximum absolute atomic E-state index is 12.0. The van der Waals surface area contributed by atoms with E-state index in [0.717, 1.165) is 0 Å². The Hall–Kier alpha value is -1.30. The molecule has 0 aliphatic heterocycles. The Bertz CT molecular complexity index is 378. The Morgan fingerprint density at radius 2 is 2.13 bits per heavy atom. The van der Waals surface area contributed by atoms with Crippen LogP contribution in [0.15, 0.2) is 23.2 Å². The second-order valence-corrected chi connectivity index (χ2v) is 2.80. The Morgan fingerprint density at radius 3 is 2.67 bits per heavy atom. The van der Waals surface area contributed by atoms with Gasteiger partial charge in [-0.25, -0.2) is 4.99 Å². The lowest BCUT2D eigenvalue weighted by atomic mass is 10.4. The van der Waals surface area contributed by atoms with Crippen LogP contribution >= 0.6 is 11.6 Å². The number of hydrogen-bond donors (Lipinski definition) is 0. The Balaban J connectivity index is 2.98. The lowest BCUT2D eigenvalue weighted by Crippen LogP contribution is -2.16. The summed E-state index contributed by atoms with van der Waals surface area (Å²) < 4.78 is 40.7. The van der Waals surface area contributed by atoms with Gasteiger partial charge in [0, 0.05) is 6.07 Å². The Kier molecular flexibility index (Phi) is 3.52. The molecule has 0 amide bonds. The summed E-state index contributed by atoms with van der Waals surface area (Å²) in [7, 11) is 1.35. The second-order valence-electron chi connectivity index (χ2n) is 2.44. The lowest BCUT2D eigenvalue weighted by Gasteiger charge is -2.03. The van der Waals surface area contributed by atoms with Gasteiger partial charge < -0.3 is 4.74 Å². The summed E-state index contributed by atoms with van der Waals surface area (Å²) in [5, 5.41) is -1.47. The molecule has 82 valence electrons. The predicted molar refractivity (Wildman–Crippen MR) is 49.8 cm³/mol. The van der Waals surface area contributed by atoms with E-state index >= 15 is 0 Å². The van der Waals surface area contributed by atoms with Crippen LogP contribution in [0, 0.1) is 0 Å². The third-order valence-electron chi connectivity index (χ3n) is 1.36. The number of rotatable bonds is 2. The molecule has 0 aromatic carbocycles.